The lowest BCUT2D eigenvalue weighted by molar-refractivity contribution is 0.184. The number of nitriles is 1. The summed E-state index contributed by atoms with van der Waals surface area (Å²) in [5.41, 5.74) is 3.41. The molecule has 0 amide bonds. The standard InChI is InChI=1S/C26H22N4O3/c1-19(31)26-28-14-15-30(26)18-23-17-25(33-29-23)22-9-5-20(6-10-22)3-4-21-7-11-24(12-8-21)32-16-2-13-27/h5-12,14-15,17,19,31H,2,16,18H2,1H3/t19-/m0/s1. The average molecular weight is 438 g/mol. The lowest BCUT2D eigenvalue weighted by Crippen LogP contribution is -2.07. The van der Waals surface area contributed by atoms with Crippen molar-refractivity contribution in [2.75, 3.05) is 6.61 Å². The van der Waals surface area contributed by atoms with Crippen LogP contribution in [-0.4, -0.2) is 26.4 Å². The normalized spacial score (nSPS) is 11.3. The number of nitrogens with zero attached hydrogens (tertiary/aromatic N) is 4. The van der Waals surface area contributed by atoms with Gasteiger partial charge in [0.15, 0.2) is 5.76 Å². The van der Waals surface area contributed by atoms with Crippen LogP contribution in [0.3, 0.4) is 0 Å². The van der Waals surface area contributed by atoms with Crippen molar-refractivity contribution in [2.45, 2.75) is 26.0 Å². The van der Waals surface area contributed by atoms with Crippen LogP contribution >= 0.6 is 0 Å². The number of benzene rings is 2. The van der Waals surface area contributed by atoms with Gasteiger partial charge in [0.2, 0.25) is 0 Å². The fourth-order valence-electron chi connectivity index (χ4n) is 3.23. The molecular weight excluding hydrogens is 416 g/mol. The predicted octanol–water partition coefficient (Wildman–Crippen LogP) is 4.33. The minimum Gasteiger partial charge on any atom is -0.493 e. The van der Waals surface area contributed by atoms with Crippen LogP contribution in [0.1, 0.15) is 42.1 Å². The molecule has 0 saturated heterocycles. The highest BCUT2D eigenvalue weighted by Gasteiger charge is 2.12. The molecule has 0 unspecified atom stereocenters. The van der Waals surface area contributed by atoms with Gasteiger partial charge in [0.25, 0.3) is 0 Å². The Labute approximate surface area is 191 Å². The van der Waals surface area contributed by atoms with Gasteiger partial charge in [0.05, 0.1) is 19.0 Å². The second-order valence-corrected chi connectivity index (χ2v) is 7.38. The smallest absolute Gasteiger partial charge is 0.167 e. The molecule has 0 aliphatic heterocycles. The van der Waals surface area contributed by atoms with E-state index in [1.807, 2.05) is 65.2 Å². The minimum absolute atomic E-state index is 0.363. The van der Waals surface area contributed by atoms with Crippen LogP contribution < -0.4 is 4.74 Å². The van der Waals surface area contributed by atoms with Crippen LogP contribution in [0.5, 0.6) is 5.75 Å². The molecule has 0 bridgehead atoms. The quantitative estimate of drug-likeness (QED) is 0.341. The molecule has 0 spiro atoms. The van der Waals surface area contributed by atoms with Crippen LogP contribution in [0, 0.1) is 23.2 Å². The van der Waals surface area contributed by atoms with Crippen molar-refractivity contribution in [3.63, 3.8) is 0 Å². The van der Waals surface area contributed by atoms with Crippen molar-refractivity contribution < 1.29 is 14.4 Å². The third-order valence-corrected chi connectivity index (χ3v) is 4.87. The maximum Gasteiger partial charge on any atom is 0.167 e. The molecule has 164 valence electrons. The number of hydrogen-bond acceptors (Lipinski definition) is 6. The molecule has 33 heavy (non-hydrogen) atoms. The maximum absolute atomic E-state index is 9.80. The third-order valence-electron chi connectivity index (χ3n) is 4.87. The largest absolute Gasteiger partial charge is 0.493 e. The van der Waals surface area contributed by atoms with Crippen molar-refractivity contribution >= 4 is 0 Å². The number of rotatable bonds is 7. The van der Waals surface area contributed by atoms with Crippen LogP contribution in [-0.2, 0) is 6.54 Å². The number of hydrogen-bond donors (Lipinski definition) is 1. The van der Waals surface area contributed by atoms with Gasteiger partial charge in [-0.1, -0.05) is 17.0 Å². The second-order valence-electron chi connectivity index (χ2n) is 7.38. The Morgan fingerprint density at radius 3 is 2.45 bits per heavy atom. The summed E-state index contributed by atoms with van der Waals surface area (Å²) < 4.78 is 12.8. The van der Waals surface area contributed by atoms with E-state index in [0.29, 0.717) is 31.2 Å². The van der Waals surface area contributed by atoms with E-state index in [9.17, 15) is 5.11 Å². The number of aliphatic hydroxyl groups excluding tert-OH is 1. The molecular formula is C26H22N4O3. The van der Waals surface area contributed by atoms with E-state index < -0.39 is 6.10 Å². The van der Waals surface area contributed by atoms with Crippen molar-refractivity contribution in [3.8, 4) is 35.0 Å². The zero-order valence-electron chi connectivity index (χ0n) is 18.1. The van der Waals surface area contributed by atoms with Crippen molar-refractivity contribution in [1.29, 1.82) is 5.26 Å². The molecule has 1 atom stereocenters. The number of imidazole rings is 1. The summed E-state index contributed by atoms with van der Waals surface area (Å²) in [4.78, 5) is 4.17. The van der Waals surface area contributed by atoms with E-state index >= 15 is 0 Å². The molecule has 7 heteroatoms. The summed E-state index contributed by atoms with van der Waals surface area (Å²) in [6, 6.07) is 19.2. The first-order valence-electron chi connectivity index (χ1n) is 10.5. The van der Waals surface area contributed by atoms with Gasteiger partial charge >= 0.3 is 0 Å². The van der Waals surface area contributed by atoms with Crippen LogP contribution in [0.2, 0.25) is 0 Å². The Kier molecular flexibility index (Phi) is 6.84. The molecule has 0 saturated carbocycles. The number of aromatic nitrogens is 3. The Bertz CT molecular complexity index is 1300. The number of aliphatic hydroxyl groups is 1. The summed E-state index contributed by atoms with van der Waals surface area (Å²) in [7, 11) is 0. The molecule has 2 aromatic heterocycles. The first-order chi connectivity index (χ1) is 16.1. The lowest BCUT2D eigenvalue weighted by Gasteiger charge is -2.07. The molecule has 2 aromatic carbocycles. The van der Waals surface area contributed by atoms with Gasteiger partial charge in [-0.25, -0.2) is 4.98 Å². The molecule has 1 N–H and O–H groups in total. The van der Waals surface area contributed by atoms with E-state index in [-0.39, 0.29) is 0 Å². The van der Waals surface area contributed by atoms with E-state index in [1.54, 1.807) is 19.3 Å². The zero-order chi connectivity index (χ0) is 23.0. The maximum atomic E-state index is 9.80. The highest BCUT2D eigenvalue weighted by atomic mass is 16.5. The average Bonchev–Trinajstić information content (AvgIpc) is 3.49. The molecule has 7 nitrogen and oxygen atoms in total. The third kappa shape index (κ3) is 5.68. The molecule has 2 heterocycles. The van der Waals surface area contributed by atoms with Gasteiger partial charge in [-0.3, -0.25) is 0 Å². The van der Waals surface area contributed by atoms with E-state index in [1.165, 1.54) is 0 Å². The first-order valence-corrected chi connectivity index (χ1v) is 10.5. The summed E-state index contributed by atoms with van der Waals surface area (Å²) in [5, 5.41) is 22.5. The fraction of sp³-hybridized carbons (Fsp3) is 0.192. The summed E-state index contributed by atoms with van der Waals surface area (Å²) in [6.45, 7) is 2.53. The van der Waals surface area contributed by atoms with Gasteiger partial charge in [-0.05, 0) is 55.5 Å². The SMILES string of the molecule is C[C@H](O)c1nccn1Cc1cc(-c2ccc(C#Cc3ccc(OCCC#N)cc3)cc2)on1. The van der Waals surface area contributed by atoms with Crippen LogP contribution in [0.25, 0.3) is 11.3 Å². The van der Waals surface area contributed by atoms with Gasteiger partial charge in [-0.15, -0.1) is 0 Å². The Morgan fingerprint density at radius 1 is 1.09 bits per heavy atom. The second kappa shape index (κ2) is 10.3. The monoisotopic (exact) mass is 438 g/mol. The summed E-state index contributed by atoms with van der Waals surface area (Å²) in [5.74, 6) is 8.26. The minimum atomic E-state index is -0.652. The highest BCUT2D eigenvalue weighted by molar-refractivity contribution is 5.59. The summed E-state index contributed by atoms with van der Waals surface area (Å²) >= 11 is 0. The predicted molar refractivity (Wildman–Crippen MR) is 122 cm³/mol. The zero-order valence-corrected chi connectivity index (χ0v) is 18.1. The van der Waals surface area contributed by atoms with E-state index in [4.69, 9.17) is 14.5 Å². The molecule has 0 aliphatic rings. The van der Waals surface area contributed by atoms with Crippen molar-refractivity contribution in [2.24, 2.45) is 0 Å². The molecule has 4 rings (SSSR count). The molecule has 0 fully saturated rings. The fourth-order valence-corrected chi connectivity index (χ4v) is 3.23. The Balaban J connectivity index is 1.39. The van der Waals surface area contributed by atoms with Gasteiger partial charge < -0.3 is 18.9 Å². The lowest BCUT2D eigenvalue weighted by atomic mass is 10.1. The van der Waals surface area contributed by atoms with Gasteiger partial charge in [-0.2, -0.15) is 5.26 Å². The topological polar surface area (TPSA) is 97.1 Å². The van der Waals surface area contributed by atoms with Crippen molar-refractivity contribution in [3.05, 3.63) is 89.6 Å². The van der Waals surface area contributed by atoms with Gasteiger partial charge in [0.1, 0.15) is 30.0 Å². The first kappa shape index (κ1) is 21.9. The van der Waals surface area contributed by atoms with Crippen LogP contribution in [0.15, 0.2) is 71.5 Å². The molecule has 0 aliphatic carbocycles. The van der Waals surface area contributed by atoms with Crippen molar-refractivity contribution in [1.82, 2.24) is 14.7 Å². The molecule has 0 radical (unpaired) electrons. The Hall–Kier alpha value is -4.33. The van der Waals surface area contributed by atoms with E-state index in [0.717, 1.165) is 28.1 Å². The Morgan fingerprint density at radius 2 is 1.79 bits per heavy atom. The molecule has 4 aromatic rings. The van der Waals surface area contributed by atoms with E-state index in [2.05, 4.69) is 22.0 Å². The number of ether oxygens (including phenoxy) is 1. The van der Waals surface area contributed by atoms with Gasteiger partial charge in [0, 0.05) is 35.2 Å². The van der Waals surface area contributed by atoms with Crippen LogP contribution in [0.4, 0.5) is 0 Å². The summed E-state index contributed by atoms with van der Waals surface area (Å²) in [6.07, 6.45) is 3.17. The highest BCUT2D eigenvalue weighted by Crippen LogP contribution is 2.22.